The second-order valence-electron chi connectivity index (χ2n) is 12.3. The summed E-state index contributed by atoms with van der Waals surface area (Å²) in [5.74, 6) is -3.96. The molecule has 0 unspecified atom stereocenters. The van der Waals surface area contributed by atoms with Crippen molar-refractivity contribution >= 4 is 35.0 Å². The molecule has 1 aliphatic carbocycles. The van der Waals surface area contributed by atoms with E-state index in [0.29, 0.717) is 36.5 Å². The number of nitrogens with one attached hydrogen (secondary N) is 3. The van der Waals surface area contributed by atoms with Crippen LogP contribution in [0.25, 0.3) is 0 Å². The average molecular weight is 627 g/mol. The normalized spacial score (nSPS) is 18.4. The number of carbonyl (C=O) groups is 4. The number of rotatable bonds is 11. The summed E-state index contributed by atoms with van der Waals surface area (Å²) in [4.78, 5) is 57.0. The van der Waals surface area contributed by atoms with Crippen LogP contribution in [0.15, 0.2) is 29.0 Å². The first-order valence-corrected chi connectivity index (χ1v) is 16.2. The van der Waals surface area contributed by atoms with Crippen molar-refractivity contribution in [3.63, 3.8) is 0 Å². The van der Waals surface area contributed by atoms with Gasteiger partial charge in [-0.2, -0.15) is 0 Å². The van der Waals surface area contributed by atoms with Crippen molar-refractivity contribution < 1.29 is 28.1 Å². The molecule has 2 aromatic rings. The maximum atomic E-state index is 15.6. The molecule has 1 aromatic heterocycles. The second-order valence-corrected chi connectivity index (χ2v) is 12.3. The third-order valence-corrected chi connectivity index (χ3v) is 9.17. The van der Waals surface area contributed by atoms with Gasteiger partial charge in [0.1, 0.15) is 35.4 Å². The first kappa shape index (κ1) is 34.1. The molecule has 2 fully saturated rings. The van der Waals surface area contributed by atoms with E-state index < -0.39 is 35.5 Å². The van der Waals surface area contributed by atoms with E-state index in [2.05, 4.69) is 26.0 Å². The van der Waals surface area contributed by atoms with Crippen molar-refractivity contribution in [1.29, 1.82) is 0 Å². The van der Waals surface area contributed by atoms with Crippen LogP contribution in [0, 0.1) is 17.7 Å². The number of hydrogen-bond acceptors (Lipinski definition) is 7. The molecule has 3 atom stereocenters. The Morgan fingerprint density at radius 1 is 0.978 bits per heavy atom. The maximum absolute atomic E-state index is 15.6. The fourth-order valence-corrected chi connectivity index (χ4v) is 6.24. The number of aryl methyl sites for hydroxylation is 1. The van der Waals surface area contributed by atoms with E-state index in [1.54, 1.807) is 24.8 Å². The van der Waals surface area contributed by atoms with Gasteiger partial charge in [-0.15, -0.1) is 0 Å². The lowest BCUT2D eigenvalue weighted by molar-refractivity contribution is -0.138. The highest BCUT2D eigenvalue weighted by molar-refractivity contribution is 6.11. The van der Waals surface area contributed by atoms with Crippen LogP contribution >= 0.6 is 0 Å². The minimum atomic E-state index is -1.03. The van der Waals surface area contributed by atoms with Crippen molar-refractivity contribution in [1.82, 2.24) is 20.3 Å². The molecule has 3 N–H and O–H groups in total. The molecule has 1 aromatic carbocycles. The van der Waals surface area contributed by atoms with Gasteiger partial charge < -0.3 is 30.3 Å². The molecule has 4 rings (SSSR count). The minimum absolute atomic E-state index is 0.0545. The van der Waals surface area contributed by atoms with E-state index in [0.717, 1.165) is 51.6 Å². The van der Waals surface area contributed by atoms with Crippen LogP contribution in [-0.2, 0) is 25.6 Å². The SMILES string of the molecule is CCC(=O)N[C@@H](C(=O)N1CCN(C)CC1)[C@@H](C)c1ccc(NC(=O)[C@H](C(=O)Nc2conc2CC)C2CCCCCC2)c(F)c1. The van der Waals surface area contributed by atoms with E-state index in [-0.39, 0.29) is 29.8 Å². The Morgan fingerprint density at radius 2 is 1.62 bits per heavy atom. The third-order valence-electron chi connectivity index (χ3n) is 9.17. The topological polar surface area (TPSA) is 137 Å². The van der Waals surface area contributed by atoms with Gasteiger partial charge >= 0.3 is 0 Å². The van der Waals surface area contributed by atoms with Crippen LogP contribution in [0.4, 0.5) is 15.8 Å². The molecular weight excluding hydrogens is 579 g/mol. The molecule has 45 heavy (non-hydrogen) atoms. The largest absolute Gasteiger partial charge is 0.362 e. The Balaban J connectivity index is 1.53. The Bertz CT molecular complexity index is 1330. The predicted molar refractivity (Wildman–Crippen MR) is 169 cm³/mol. The average Bonchev–Trinajstić information content (AvgIpc) is 3.31. The molecule has 0 spiro atoms. The lowest BCUT2D eigenvalue weighted by Gasteiger charge is -2.36. The van der Waals surface area contributed by atoms with Crippen LogP contribution in [0.5, 0.6) is 0 Å². The van der Waals surface area contributed by atoms with Gasteiger partial charge in [0.15, 0.2) is 0 Å². The smallest absolute Gasteiger partial charge is 0.245 e. The molecule has 1 aliphatic heterocycles. The molecule has 2 heterocycles. The van der Waals surface area contributed by atoms with Gasteiger partial charge in [-0.1, -0.05) is 57.7 Å². The highest BCUT2D eigenvalue weighted by Crippen LogP contribution is 2.32. The van der Waals surface area contributed by atoms with Crippen LogP contribution < -0.4 is 16.0 Å². The van der Waals surface area contributed by atoms with Crippen LogP contribution in [0.1, 0.15) is 82.9 Å². The first-order chi connectivity index (χ1) is 21.6. The lowest BCUT2D eigenvalue weighted by Crippen LogP contribution is -2.55. The molecule has 2 aliphatic rings. The summed E-state index contributed by atoms with van der Waals surface area (Å²) in [5.41, 5.74) is 1.46. The predicted octanol–water partition coefficient (Wildman–Crippen LogP) is 4.31. The summed E-state index contributed by atoms with van der Waals surface area (Å²) >= 11 is 0. The molecule has 246 valence electrons. The fraction of sp³-hybridized carbons (Fsp3) is 0.606. The summed E-state index contributed by atoms with van der Waals surface area (Å²) in [5, 5.41) is 12.2. The molecule has 1 saturated heterocycles. The standard InChI is InChI=1S/C33H47FN6O5/c1-5-25-27(20-45-38-25)36-32(43)29(22-11-9-7-8-10-12-22)31(42)35-26-14-13-23(19-24(26)34)21(3)30(37-28(41)6-2)33(44)40-17-15-39(4)16-18-40/h13-14,19-22,29-30H,5-12,15-18H2,1-4H3,(H,35,42)(H,36,43)(H,37,41)/t21-,29+,30+/m0/s1. The summed E-state index contributed by atoms with van der Waals surface area (Å²) in [6.45, 7) is 7.94. The number of likely N-dealkylation sites (N-methyl/N-ethyl adjacent to an activating group) is 1. The van der Waals surface area contributed by atoms with Gasteiger partial charge in [-0.25, -0.2) is 4.39 Å². The van der Waals surface area contributed by atoms with Gasteiger partial charge in [0.2, 0.25) is 23.6 Å². The summed E-state index contributed by atoms with van der Waals surface area (Å²) in [6, 6.07) is 3.52. The van der Waals surface area contributed by atoms with Gasteiger partial charge in [0.25, 0.3) is 0 Å². The Kier molecular flexibility index (Phi) is 12.1. The second kappa shape index (κ2) is 16.0. The highest BCUT2D eigenvalue weighted by atomic mass is 19.1. The van der Waals surface area contributed by atoms with E-state index in [9.17, 15) is 19.2 Å². The number of nitrogens with zero attached hydrogens (tertiary/aromatic N) is 3. The number of anilines is 2. The van der Waals surface area contributed by atoms with Gasteiger partial charge in [-0.3, -0.25) is 19.2 Å². The van der Waals surface area contributed by atoms with Crippen LogP contribution in [0.2, 0.25) is 0 Å². The van der Waals surface area contributed by atoms with E-state index in [4.69, 9.17) is 4.52 Å². The Morgan fingerprint density at radius 3 is 2.22 bits per heavy atom. The Hall–Kier alpha value is -3.80. The number of amides is 4. The molecular formula is C33H47FN6O5. The summed E-state index contributed by atoms with van der Waals surface area (Å²) in [6.07, 6.45) is 7.48. The number of aromatic nitrogens is 1. The highest BCUT2D eigenvalue weighted by Gasteiger charge is 2.37. The van der Waals surface area contributed by atoms with Crippen molar-refractivity contribution in [3.8, 4) is 0 Å². The molecule has 0 radical (unpaired) electrons. The molecule has 0 bridgehead atoms. The molecule has 11 nitrogen and oxygen atoms in total. The van der Waals surface area contributed by atoms with Gasteiger partial charge in [0, 0.05) is 38.5 Å². The minimum Gasteiger partial charge on any atom is -0.362 e. The van der Waals surface area contributed by atoms with Crippen LogP contribution in [-0.4, -0.2) is 77.9 Å². The summed E-state index contributed by atoms with van der Waals surface area (Å²) < 4.78 is 20.6. The van der Waals surface area contributed by atoms with Gasteiger partial charge in [-0.05, 0) is 49.9 Å². The zero-order chi connectivity index (χ0) is 32.5. The zero-order valence-electron chi connectivity index (χ0n) is 26.9. The van der Waals surface area contributed by atoms with E-state index in [1.807, 2.05) is 14.0 Å². The van der Waals surface area contributed by atoms with Crippen molar-refractivity contribution in [2.75, 3.05) is 43.9 Å². The fourth-order valence-electron chi connectivity index (χ4n) is 6.24. The number of piperazine rings is 1. The maximum Gasteiger partial charge on any atom is 0.245 e. The van der Waals surface area contributed by atoms with Crippen molar-refractivity contribution in [3.05, 3.63) is 41.5 Å². The van der Waals surface area contributed by atoms with E-state index in [1.165, 1.54) is 18.4 Å². The summed E-state index contributed by atoms with van der Waals surface area (Å²) in [7, 11) is 1.99. The van der Waals surface area contributed by atoms with Crippen LogP contribution in [0.3, 0.4) is 0 Å². The number of carbonyl (C=O) groups excluding carboxylic acids is 4. The Labute approximate surface area is 264 Å². The number of halogens is 1. The van der Waals surface area contributed by atoms with Crippen molar-refractivity contribution in [2.24, 2.45) is 11.8 Å². The number of benzene rings is 1. The molecule has 4 amide bonds. The number of hydrogen-bond donors (Lipinski definition) is 3. The zero-order valence-corrected chi connectivity index (χ0v) is 26.9. The third kappa shape index (κ3) is 8.68. The van der Waals surface area contributed by atoms with Gasteiger partial charge in [0.05, 0.1) is 5.69 Å². The lowest BCUT2D eigenvalue weighted by atomic mass is 9.84. The first-order valence-electron chi connectivity index (χ1n) is 16.2. The molecule has 1 saturated carbocycles. The molecule has 12 heteroatoms. The monoisotopic (exact) mass is 626 g/mol. The van der Waals surface area contributed by atoms with E-state index >= 15 is 4.39 Å². The van der Waals surface area contributed by atoms with Crippen molar-refractivity contribution in [2.45, 2.75) is 84.1 Å². The quantitative estimate of drug-likeness (QED) is 0.250.